The summed E-state index contributed by atoms with van der Waals surface area (Å²) in [6.07, 6.45) is 0. The zero-order chi connectivity index (χ0) is 23.6. The molecule has 0 radical (unpaired) electrons. The highest BCUT2D eigenvalue weighted by molar-refractivity contribution is 5.62. The molecule has 2 saturated heterocycles. The fourth-order valence-corrected chi connectivity index (χ4v) is 5.55. The van der Waals surface area contributed by atoms with Crippen LogP contribution in [0.5, 0.6) is 0 Å². The average molecular weight is 451 g/mol. The number of anilines is 2. The summed E-state index contributed by atoms with van der Waals surface area (Å²) in [5, 5.41) is 10.2. The number of hydrogen-bond donors (Lipinski definition) is 1. The van der Waals surface area contributed by atoms with E-state index in [-0.39, 0.29) is 0 Å². The van der Waals surface area contributed by atoms with Crippen molar-refractivity contribution >= 4 is 11.4 Å². The lowest BCUT2D eigenvalue weighted by Crippen LogP contribution is -2.54. The van der Waals surface area contributed by atoms with Gasteiger partial charge in [-0.05, 0) is 63.9 Å². The van der Waals surface area contributed by atoms with Gasteiger partial charge in [-0.3, -0.25) is 9.80 Å². The second-order valence-corrected chi connectivity index (χ2v) is 10.8. The first-order valence-electron chi connectivity index (χ1n) is 12.5. The molecule has 5 nitrogen and oxygen atoms in total. The molecule has 0 bridgehead atoms. The smallest absolute Gasteiger partial charge is 0.0718 e. The minimum Gasteiger partial charge on any atom is -0.389 e. The third kappa shape index (κ3) is 6.08. The first-order valence-corrected chi connectivity index (χ1v) is 12.5. The fourth-order valence-electron chi connectivity index (χ4n) is 5.55. The highest BCUT2D eigenvalue weighted by atomic mass is 16.3. The first-order chi connectivity index (χ1) is 15.7. The molecule has 5 heteroatoms. The van der Waals surface area contributed by atoms with Gasteiger partial charge < -0.3 is 14.9 Å². The largest absolute Gasteiger partial charge is 0.389 e. The van der Waals surface area contributed by atoms with E-state index in [1.165, 1.54) is 22.5 Å². The molecule has 2 aliphatic rings. The SMILES string of the molecule is Cc1cc(N2CCN(CC(C)(C)O)C[C@@H]2C)ccc1N1CCN(Cc2ccccc2)[C@H](C)C1. The molecule has 2 aliphatic heterocycles. The number of piperazine rings is 2. The van der Waals surface area contributed by atoms with Gasteiger partial charge in [-0.1, -0.05) is 30.3 Å². The lowest BCUT2D eigenvalue weighted by Gasteiger charge is -2.43. The van der Waals surface area contributed by atoms with E-state index in [4.69, 9.17) is 0 Å². The Balaban J connectivity index is 1.37. The average Bonchev–Trinajstić information content (AvgIpc) is 2.75. The van der Waals surface area contributed by atoms with Crippen molar-refractivity contribution < 1.29 is 5.11 Å². The summed E-state index contributed by atoms with van der Waals surface area (Å²) in [6, 6.07) is 18.8. The summed E-state index contributed by atoms with van der Waals surface area (Å²) in [4.78, 5) is 10.1. The van der Waals surface area contributed by atoms with Gasteiger partial charge in [0, 0.05) is 75.8 Å². The number of aliphatic hydroxyl groups is 1. The number of hydrogen-bond acceptors (Lipinski definition) is 5. The maximum atomic E-state index is 10.2. The van der Waals surface area contributed by atoms with Crippen molar-refractivity contribution in [2.45, 2.75) is 58.8 Å². The summed E-state index contributed by atoms with van der Waals surface area (Å²) in [5.41, 5.74) is 4.82. The minimum atomic E-state index is -0.637. The van der Waals surface area contributed by atoms with E-state index in [0.29, 0.717) is 12.1 Å². The van der Waals surface area contributed by atoms with Crippen LogP contribution in [0.4, 0.5) is 11.4 Å². The third-order valence-electron chi connectivity index (χ3n) is 7.17. The van der Waals surface area contributed by atoms with Crippen molar-refractivity contribution in [2.75, 3.05) is 55.6 Å². The molecule has 33 heavy (non-hydrogen) atoms. The molecule has 0 aliphatic carbocycles. The van der Waals surface area contributed by atoms with Crippen LogP contribution >= 0.6 is 0 Å². The standard InChI is InChI=1S/C28H42N4O/c1-22-17-26(32-16-13-29(18-24(32)3)21-28(4,5)33)11-12-27(22)31-15-14-30(23(2)19-31)20-25-9-7-6-8-10-25/h6-12,17,23-24,33H,13-16,18-21H2,1-5H3/t23-,24+/m1/s1. The van der Waals surface area contributed by atoms with Crippen LogP contribution in [0.15, 0.2) is 48.5 Å². The molecule has 0 unspecified atom stereocenters. The molecule has 0 amide bonds. The molecule has 4 rings (SSSR count). The van der Waals surface area contributed by atoms with Crippen LogP contribution < -0.4 is 9.80 Å². The quantitative estimate of drug-likeness (QED) is 0.720. The molecule has 0 spiro atoms. The van der Waals surface area contributed by atoms with Crippen LogP contribution in [-0.2, 0) is 6.54 Å². The Hall–Kier alpha value is -2.08. The molecule has 2 heterocycles. The number of nitrogens with zero attached hydrogens (tertiary/aromatic N) is 4. The molecule has 1 N–H and O–H groups in total. The lowest BCUT2D eigenvalue weighted by molar-refractivity contribution is 0.0308. The van der Waals surface area contributed by atoms with Crippen molar-refractivity contribution in [3.63, 3.8) is 0 Å². The van der Waals surface area contributed by atoms with Crippen LogP contribution in [-0.4, -0.2) is 78.4 Å². The summed E-state index contributed by atoms with van der Waals surface area (Å²) >= 11 is 0. The topological polar surface area (TPSA) is 33.2 Å². The highest BCUT2D eigenvalue weighted by Gasteiger charge is 2.28. The normalized spacial score (nSPS) is 23.2. The van der Waals surface area contributed by atoms with Gasteiger partial charge in [0.2, 0.25) is 0 Å². The maximum Gasteiger partial charge on any atom is 0.0718 e. The van der Waals surface area contributed by atoms with Gasteiger partial charge in [-0.25, -0.2) is 0 Å². The van der Waals surface area contributed by atoms with E-state index < -0.39 is 5.60 Å². The Bertz CT molecular complexity index is 910. The Labute approximate surface area is 200 Å². The Morgan fingerprint density at radius 3 is 2.30 bits per heavy atom. The highest BCUT2D eigenvalue weighted by Crippen LogP contribution is 2.30. The van der Waals surface area contributed by atoms with E-state index in [2.05, 4.69) is 88.9 Å². The van der Waals surface area contributed by atoms with E-state index in [1.54, 1.807) is 0 Å². The molecule has 2 atom stereocenters. The summed E-state index contributed by atoms with van der Waals surface area (Å²) < 4.78 is 0. The number of rotatable bonds is 6. The van der Waals surface area contributed by atoms with Gasteiger partial charge in [0.15, 0.2) is 0 Å². The second kappa shape index (κ2) is 10.0. The number of aryl methyl sites for hydroxylation is 1. The van der Waals surface area contributed by atoms with Crippen molar-refractivity contribution in [3.8, 4) is 0 Å². The van der Waals surface area contributed by atoms with Gasteiger partial charge in [0.05, 0.1) is 5.60 Å². The van der Waals surface area contributed by atoms with Crippen LogP contribution in [0.3, 0.4) is 0 Å². The van der Waals surface area contributed by atoms with Crippen LogP contribution in [0.2, 0.25) is 0 Å². The monoisotopic (exact) mass is 450 g/mol. The molecule has 0 aromatic heterocycles. The Morgan fingerprint density at radius 1 is 0.909 bits per heavy atom. The number of β-amino-alcohol motifs (C(OH)–C–C–N with tert-alkyl or cyclic N) is 1. The van der Waals surface area contributed by atoms with Gasteiger partial charge in [0.25, 0.3) is 0 Å². The van der Waals surface area contributed by atoms with Gasteiger partial charge in [0.1, 0.15) is 0 Å². The van der Waals surface area contributed by atoms with Crippen molar-refractivity contribution in [1.82, 2.24) is 9.80 Å². The van der Waals surface area contributed by atoms with Crippen molar-refractivity contribution in [3.05, 3.63) is 59.7 Å². The fraction of sp³-hybridized carbons (Fsp3) is 0.571. The predicted molar refractivity (Wildman–Crippen MR) is 139 cm³/mol. The minimum absolute atomic E-state index is 0.438. The van der Waals surface area contributed by atoms with Gasteiger partial charge >= 0.3 is 0 Å². The molecule has 2 aromatic carbocycles. The zero-order valence-electron chi connectivity index (χ0n) is 21.2. The first kappa shape index (κ1) is 24.1. The van der Waals surface area contributed by atoms with Crippen LogP contribution in [0.25, 0.3) is 0 Å². The van der Waals surface area contributed by atoms with Gasteiger partial charge in [-0.15, -0.1) is 0 Å². The van der Waals surface area contributed by atoms with E-state index in [1.807, 2.05) is 13.8 Å². The molecular weight excluding hydrogens is 408 g/mol. The lowest BCUT2D eigenvalue weighted by atomic mass is 10.0. The number of benzene rings is 2. The molecule has 0 saturated carbocycles. The Morgan fingerprint density at radius 2 is 1.67 bits per heavy atom. The van der Waals surface area contributed by atoms with E-state index >= 15 is 0 Å². The summed E-state index contributed by atoms with van der Waals surface area (Å²) in [7, 11) is 0. The van der Waals surface area contributed by atoms with E-state index in [9.17, 15) is 5.11 Å². The molecule has 2 aromatic rings. The van der Waals surface area contributed by atoms with Crippen LogP contribution in [0.1, 0.15) is 38.8 Å². The summed E-state index contributed by atoms with van der Waals surface area (Å²) in [6.45, 7) is 18.7. The molecule has 180 valence electrons. The molecular formula is C28H42N4O. The second-order valence-electron chi connectivity index (χ2n) is 10.8. The zero-order valence-corrected chi connectivity index (χ0v) is 21.2. The van der Waals surface area contributed by atoms with Gasteiger partial charge in [-0.2, -0.15) is 0 Å². The maximum absolute atomic E-state index is 10.2. The Kier molecular flexibility index (Phi) is 7.32. The van der Waals surface area contributed by atoms with Crippen LogP contribution in [0, 0.1) is 6.92 Å². The van der Waals surface area contributed by atoms with E-state index in [0.717, 1.165) is 52.4 Å². The van der Waals surface area contributed by atoms with Crippen molar-refractivity contribution in [2.24, 2.45) is 0 Å². The predicted octanol–water partition coefficient (Wildman–Crippen LogP) is 3.99. The third-order valence-corrected chi connectivity index (χ3v) is 7.17. The summed E-state index contributed by atoms with van der Waals surface area (Å²) in [5.74, 6) is 0. The molecule has 2 fully saturated rings. The van der Waals surface area contributed by atoms with Crippen molar-refractivity contribution in [1.29, 1.82) is 0 Å².